The van der Waals surface area contributed by atoms with Crippen molar-refractivity contribution in [1.82, 2.24) is 9.71 Å². The average Bonchev–Trinajstić information content (AvgIpc) is 2.65. The summed E-state index contributed by atoms with van der Waals surface area (Å²) in [6, 6.07) is -0.577. The normalized spacial score (nSPS) is 13.4. The van der Waals surface area contributed by atoms with Crippen LogP contribution >= 0.6 is 11.3 Å². The first-order valence-electron chi connectivity index (χ1n) is 4.71. The van der Waals surface area contributed by atoms with E-state index >= 15 is 0 Å². The summed E-state index contributed by atoms with van der Waals surface area (Å²) >= 11 is 0.845. The molecular weight excluding hydrogens is 266 g/mol. The van der Waals surface area contributed by atoms with Gasteiger partial charge in [-0.05, 0) is 6.92 Å². The first kappa shape index (κ1) is 14.0. The molecule has 17 heavy (non-hydrogen) atoms. The van der Waals surface area contributed by atoms with Crippen molar-refractivity contribution in [1.29, 1.82) is 0 Å². The Morgan fingerprint density at radius 1 is 1.65 bits per heavy atom. The van der Waals surface area contributed by atoms with Crippen molar-refractivity contribution in [2.24, 2.45) is 0 Å². The van der Waals surface area contributed by atoms with Gasteiger partial charge in [-0.15, -0.1) is 0 Å². The fourth-order valence-corrected chi connectivity index (χ4v) is 3.28. The summed E-state index contributed by atoms with van der Waals surface area (Å²) in [5.41, 5.74) is 0. The Labute approximate surface area is 103 Å². The van der Waals surface area contributed by atoms with E-state index < -0.39 is 16.1 Å². The van der Waals surface area contributed by atoms with Gasteiger partial charge >= 0.3 is 0 Å². The number of amides is 1. The number of aromatic nitrogens is 1. The van der Waals surface area contributed by atoms with E-state index in [1.807, 2.05) is 0 Å². The molecule has 7 nitrogen and oxygen atoms in total. The van der Waals surface area contributed by atoms with Gasteiger partial charge in [0.2, 0.25) is 5.91 Å². The molecule has 9 heteroatoms. The zero-order valence-corrected chi connectivity index (χ0v) is 10.9. The van der Waals surface area contributed by atoms with Gasteiger partial charge in [-0.1, -0.05) is 11.3 Å². The quantitative estimate of drug-likeness (QED) is 0.689. The van der Waals surface area contributed by atoms with Gasteiger partial charge in [0.1, 0.15) is 0 Å². The van der Waals surface area contributed by atoms with Gasteiger partial charge in [-0.2, -0.15) is 0 Å². The first-order chi connectivity index (χ1) is 7.85. The van der Waals surface area contributed by atoms with Gasteiger partial charge in [0.15, 0.2) is 9.34 Å². The fraction of sp³-hybridized carbons (Fsp3) is 0.500. The maximum atomic E-state index is 11.7. The van der Waals surface area contributed by atoms with Crippen LogP contribution in [0.4, 0.5) is 5.13 Å². The van der Waals surface area contributed by atoms with Crippen LogP contribution in [0.25, 0.3) is 0 Å². The molecule has 0 aliphatic heterocycles. The maximum Gasteiger partial charge on any atom is 0.252 e. The molecule has 0 aliphatic rings. The van der Waals surface area contributed by atoms with Crippen molar-refractivity contribution in [3.8, 4) is 0 Å². The summed E-state index contributed by atoms with van der Waals surface area (Å²) in [6.07, 6.45) is 1.16. The number of thiazole rings is 1. The lowest BCUT2D eigenvalue weighted by molar-refractivity contribution is -0.114. The van der Waals surface area contributed by atoms with Gasteiger partial charge in [-0.25, -0.2) is 18.1 Å². The third-order valence-electron chi connectivity index (χ3n) is 1.66. The number of nitrogens with one attached hydrogen (secondary N) is 2. The summed E-state index contributed by atoms with van der Waals surface area (Å²) in [5.74, 6) is -0.319. The SMILES string of the molecule is CC(=O)Nc1ncc(S(=O)(=O)N[C@H](C)CO)s1. The smallest absolute Gasteiger partial charge is 0.252 e. The molecule has 0 radical (unpaired) electrons. The lowest BCUT2D eigenvalue weighted by atomic mass is 10.4. The predicted octanol–water partition coefficient (Wildman–Crippen LogP) is -0.239. The largest absolute Gasteiger partial charge is 0.395 e. The van der Waals surface area contributed by atoms with Crippen LogP contribution in [0.15, 0.2) is 10.4 Å². The van der Waals surface area contributed by atoms with Crippen molar-refractivity contribution in [3.63, 3.8) is 0 Å². The van der Waals surface area contributed by atoms with Crippen molar-refractivity contribution in [2.75, 3.05) is 11.9 Å². The van der Waals surface area contributed by atoms with Gasteiger partial charge in [0.25, 0.3) is 10.0 Å². The topological polar surface area (TPSA) is 108 Å². The number of carbonyl (C=O) groups is 1. The second-order valence-corrected chi connectivity index (χ2v) is 6.34. The molecule has 0 saturated carbocycles. The van der Waals surface area contributed by atoms with Gasteiger partial charge in [-0.3, -0.25) is 4.79 Å². The number of aliphatic hydroxyl groups excluding tert-OH is 1. The second kappa shape index (κ2) is 5.54. The van der Waals surface area contributed by atoms with Crippen molar-refractivity contribution in [3.05, 3.63) is 6.20 Å². The molecule has 0 bridgehead atoms. The predicted molar refractivity (Wildman–Crippen MR) is 63.3 cm³/mol. The third-order valence-corrected chi connectivity index (χ3v) is 4.63. The van der Waals surface area contributed by atoms with E-state index in [0.717, 1.165) is 17.5 Å². The molecule has 0 aromatic carbocycles. The van der Waals surface area contributed by atoms with E-state index in [9.17, 15) is 13.2 Å². The summed E-state index contributed by atoms with van der Waals surface area (Å²) in [5, 5.41) is 11.4. The summed E-state index contributed by atoms with van der Waals surface area (Å²) in [4.78, 5) is 14.5. The number of rotatable bonds is 5. The number of hydrogen-bond donors (Lipinski definition) is 3. The average molecular weight is 279 g/mol. The standard InChI is InChI=1S/C8H13N3O4S2/c1-5(4-12)11-17(14,15)7-3-9-8(16-7)10-6(2)13/h3,5,11-12H,4H2,1-2H3,(H,9,10,13)/t5-/m1/s1. The van der Waals surface area contributed by atoms with Crippen LogP contribution in [-0.2, 0) is 14.8 Å². The molecule has 1 atom stereocenters. The molecule has 96 valence electrons. The molecule has 1 aromatic heterocycles. The van der Waals surface area contributed by atoms with E-state index in [1.54, 1.807) is 0 Å². The van der Waals surface area contributed by atoms with Gasteiger partial charge in [0, 0.05) is 13.0 Å². The monoisotopic (exact) mass is 279 g/mol. The molecule has 0 fully saturated rings. The zero-order chi connectivity index (χ0) is 13.1. The van der Waals surface area contributed by atoms with Crippen LogP contribution in [0.1, 0.15) is 13.8 Å². The van der Waals surface area contributed by atoms with Crippen LogP contribution in [0, 0.1) is 0 Å². The Balaban J connectivity index is 2.85. The molecule has 0 saturated heterocycles. The third kappa shape index (κ3) is 4.04. The van der Waals surface area contributed by atoms with Crippen LogP contribution in [0.3, 0.4) is 0 Å². The minimum Gasteiger partial charge on any atom is -0.395 e. The van der Waals surface area contributed by atoms with E-state index in [4.69, 9.17) is 5.11 Å². The van der Waals surface area contributed by atoms with Gasteiger partial charge in [0.05, 0.1) is 12.8 Å². The molecular formula is C8H13N3O4S2. The Bertz CT molecular complexity index is 497. The number of aliphatic hydroxyl groups is 1. The minimum absolute atomic E-state index is 0.0125. The maximum absolute atomic E-state index is 11.7. The lowest BCUT2D eigenvalue weighted by Gasteiger charge is -2.09. The molecule has 1 rings (SSSR count). The van der Waals surface area contributed by atoms with Crippen LogP contribution in [0.5, 0.6) is 0 Å². The van der Waals surface area contributed by atoms with E-state index in [1.165, 1.54) is 13.8 Å². The van der Waals surface area contributed by atoms with E-state index in [0.29, 0.717) is 0 Å². The number of hydrogen-bond acceptors (Lipinski definition) is 6. The van der Waals surface area contributed by atoms with Crippen LogP contribution < -0.4 is 10.0 Å². The van der Waals surface area contributed by atoms with Gasteiger partial charge < -0.3 is 10.4 Å². The van der Waals surface area contributed by atoms with E-state index in [2.05, 4.69) is 15.0 Å². The highest BCUT2D eigenvalue weighted by molar-refractivity contribution is 7.91. The van der Waals surface area contributed by atoms with Crippen molar-refractivity contribution in [2.45, 2.75) is 24.1 Å². The van der Waals surface area contributed by atoms with Crippen LogP contribution in [-0.4, -0.2) is 37.1 Å². The fourth-order valence-electron chi connectivity index (χ4n) is 0.952. The summed E-state index contributed by atoms with van der Waals surface area (Å²) < 4.78 is 25.7. The van der Waals surface area contributed by atoms with Crippen molar-refractivity contribution < 1.29 is 18.3 Å². The number of sulfonamides is 1. The molecule has 1 heterocycles. The first-order valence-corrected chi connectivity index (χ1v) is 7.01. The Morgan fingerprint density at radius 2 is 2.29 bits per heavy atom. The molecule has 3 N–H and O–H groups in total. The van der Waals surface area contributed by atoms with E-state index in [-0.39, 0.29) is 21.9 Å². The second-order valence-electron chi connectivity index (χ2n) is 3.37. The number of anilines is 1. The zero-order valence-electron chi connectivity index (χ0n) is 9.30. The Kier molecular flexibility index (Phi) is 4.57. The highest BCUT2D eigenvalue weighted by atomic mass is 32.2. The lowest BCUT2D eigenvalue weighted by Crippen LogP contribution is -2.34. The Hall–Kier alpha value is -1.03. The number of carbonyl (C=O) groups excluding carboxylic acids is 1. The highest BCUT2D eigenvalue weighted by Crippen LogP contribution is 2.22. The molecule has 0 unspecified atom stereocenters. The number of nitrogens with zero attached hydrogens (tertiary/aromatic N) is 1. The minimum atomic E-state index is -3.69. The Morgan fingerprint density at radius 3 is 2.82 bits per heavy atom. The molecule has 0 spiro atoms. The molecule has 1 aromatic rings. The molecule has 1 amide bonds. The van der Waals surface area contributed by atoms with Crippen molar-refractivity contribution >= 4 is 32.4 Å². The summed E-state index contributed by atoms with van der Waals surface area (Å²) in [7, 11) is -3.69. The summed E-state index contributed by atoms with van der Waals surface area (Å²) in [6.45, 7) is 2.55. The van der Waals surface area contributed by atoms with Crippen LogP contribution in [0.2, 0.25) is 0 Å². The molecule has 0 aliphatic carbocycles. The highest BCUT2D eigenvalue weighted by Gasteiger charge is 2.20.